The summed E-state index contributed by atoms with van der Waals surface area (Å²) in [7, 11) is 0. The molecule has 88 valence electrons. The maximum absolute atomic E-state index is 12.7. The molecule has 0 saturated heterocycles. The van der Waals surface area contributed by atoms with E-state index in [1.165, 1.54) is 23.9 Å². The fraction of sp³-hybridized carbons (Fsp3) is 0.300. The molecule has 1 unspecified atom stereocenters. The molecular formula is C10H11ClFNO2S. The average Bonchev–Trinajstić information content (AvgIpc) is 2.20. The van der Waals surface area contributed by atoms with Gasteiger partial charge in [0.2, 0.25) is 0 Å². The Bertz CT molecular complexity index is 389. The first-order chi connectivity index (χ1) is 7.50. The summed E-state index contributed by atoms with van der Waals surface area (Å²) in [6.07, 6.45) is 0. The van der Waals surface area contributed by atoms with Crippen LogP contribution in [0.25, 0.3) is 0 Å². The normalized spacial score (nSPS) is 12.4. The average molecular weight is 264 g/mol. The summed E-state index contributed by atoms with van der Waals surface area (Å²) in [6.45, 7) is 0. The molecule has 1 aromatic carbocycles. The lowest BCUT2D eigenvalue weighted by molar-refractivity contribution is -0.137. The van der Waals surface area contributed by atoms with Gasteiger partial charge in [-0.3, -0.25) is 4.79 Å². The summed E-state index contributed by atoms with van der Waals surface area (Å²) in [5.74, 6) is -0.609. The summed E-state index contributed by atoms with van der Waals surface area (Å²) in [6, 6.07) is 3.24. The molecule has 0 amide bonds. The van der Waals surface area contributed by atoms with Crippen LogP contribution in [-0.4, -0.2) is 22.9 Å². The zero-order chi connectivity index (χ0) is 12.1. The van der Waals surface area contributed by atoms with Crippen LogP contribution in [-0.2, 0) is 10.5 Å². The van der Waals surface area contributed by atoms with Crippen LogP contribution in [0.3, 0.4) is 0 Å². The molecule has 1 rings (SSSR count). The van der Waals surface area contributed by atoms with E-state index in [9.17, 15) is 9.18 Å². The number of thioether (sulfide) groups is 1. The van der Waals surface area contributed by atoms with Gasteiger partial charge < -0.3 is 10.8 Å². The van der Waals surface area contributed by atoms with Crippen molar-refractivity contribution in [2.24, 2.45) is 5.73 Å². The summed E-state index contributed by atoms with van der Waals surface area (Å²) >= 11 is 7.16. The molecule has 1 aromatic rings. The monoisotopic (exact) mass is 263 g/mol. The number of carboxylic acids is 1. The lowest BCUT2D eigenvalue weighted by atomic mass is 10.2. The number of halogens is 2. The molecule has 0 spiro atoms. The van der Waals surface area contributed by atoms with Gasteiger partial charge in [0.15, 0.2) is 0 Å². The lowest BCUT2D eigenvalue weighted by Gasteiger charge is -2.07. The zero-order valence-electron chi connectivity index (χ0n) is 8.32. The van der Waals surface area contributed by atoms with Crippen molar-refractivity contribution >= 4 is 29.3 Å². The van der Waals surface area contributed by atoms with Crippen molar-refractivity contribution in [1.82, 2.24) is 0 Å². The van der Waals surface area contributed by atoms with E-state index in [0.29, 0.717) is 16.5 Å². The standard InChI is InChI=1S/C10H11ClFNO2S/c11-8-3-7(12)2-1-6(8)4-16-5-9(13)10(14)15/h1-3,9H,4-5,13H2,(H,14,15). The molecular weight excluding hydrogens is 253 g/mol. The quantitative estimate of drug-likeness (QED) is 0.854. The number of hydrogen-bond acceptors (Lipinski definition) is 3. The van der Waals surface area contributed by atoms with Gasteiger partial charge in [-0.25, -0.2) is 4.39 Å². The Kier molecular flexibility index (Phi) is 5.05. The summed E-state index contributed by atoms with van der Waals surface area (Å²) in [4.78, 5) is 10.4. The molecule has 0 aliphatic heterocycles. The maximum Gasteiger partial charge on any atom is 0.321 e. The van der Waals surface area contributed by atoms with E-state index in [1.807, 2.05) is 0 Å². The van der Waals surface area contributed by atoms with E-state index in [0.717, 1.165) is 5.56 Å². The van der Waals surface area contributed by atoms with Crippen molar-refractivity contribution in [3.8, 4) is 0 Å². The molecule has 0 heterocycles. The van der Waals surface area contributed by atoms with Crippen LogP contribution in [0.15, 0.2) is 18.2 Å². The minimum Gasteiger partial charge on any atom is -0.480 e. The molecule has 0 aliphatic rings. The third-order valence-electron chi connectivity index (χ3n) is 1.89. The predicted octanol–water partition coefficient (Wildman–Crippen LogP) is 2.12. The molecule has 3 nitrogen and oxygen atoms in total. The second-order valence-electron chi connectivity index (χ2n) is 3.20. The number of carboxylic acid groups (broad SMARTS) is 1. The summed E-state index contributed by atoms with van der Waals surface area (Å²) < 4.78 is 12.7. The molecule has 6 heteroatoms. The largest absolute Gasteiger partial charge is 0.480 e. The van der Waals surface area contributed by atoms with Crippen molar-refractivity contribution in [3.05, 3.63) is 34.6 Å². The fourth-order valence-electron chi connectivity index (χ4n) is 1.01. The molecule has 0 bridgehead atoms. The second kappa shape index (κ2) is 6.08. The molecule has 0 aromatic heterocycles. The Morgan fingerprint density at radius 3 is 2.88 bits per heavy atom. The van der Waals surface area contributed by atoms with Crippen molar-refractivity contribution in [2.75, 3.05) is 5.75 Å². The molecule has 3 N–H and O–H groups in total. The highest BCUT2D eigenvalue weighted by molar-refractivity contribution is 7.98. The van der Waals surface area contributed by atoms with E-state index in [2.05, 4.69) is 0 Å². The number of benzene rings is 1. The maximum atomic E-state index is 12.7. The van der Waals surface area contributed by atoms with Crippen molar-refractivity contribution in [1.29, 1.82) is 0 Å². The first-order valence-electron chi connectivity index (χ1n) is 4.50. The molecule has 1 atom stereocenters. The van der Waals surface area contributed by atoms with Gasteiger partial charge in [0, 0.05) is 16.5 Å². The lowest BCUT2D eigenvalue weighted by Crippen LogP contribution is -2.32. The van der Waals surface area contributed by atoms with E-state index in [4.69, 9.17) is 22.4 Å². The van der Waals surface area contributed by atoms with Gasteiger partial charge in [-0.15, -0.1) is 0 Å². The molecule has 0 radical (unpaired) electrons. The van der Waals surface area contributed by atoms with Crippen LogP contribution < -0.4 is 5.73 Å². The van der Waals surface area contributed by atoms with Crippen LogP contribution in [0.2, 0.25) is 5.02 Å². The van der Waals surface area contributed by atoms with E-state index in [-0.39, 0.29) is 5.82 Å². The highest BCUT2D eigenvalue weighted by atomic mass is 35.5. The van der Waals surface area contributed by atoms with Crippen LogP contribution in [0.4, 0.5) is 4.39 Å². The fourth-order valence-corrected chi connectivity index (χ4v) is 2.31. The minimum absolute atomic E-state index is 0.295. The number of nitrogens with two attached hydrogens (primary N) is 1. The van der Waals surface area contributed by atoms with Gasteiger partial charge in [-0.1, -0.05) is 17.7 Å². The molecule has 0 aliphatic carbocycles. The third-order valence-corrected chi connectivity index (χ3v) is 3.35. The Balaban J connectivity index is 2.46. The van der Waals surface area contributed by atoms with E-state index >= 15 is 0 Å². The highest BCUT2D eigenvalue weighted by Crippen LogP contribution is 2.22. The Morgan fingerprint density at radius 1 is 1.62 bits per heavy atom. The number of aliphatic carboxylic acids is 1. The van der Waals surface area contributed by atoms with Crippen LogP contribution in [0.1, 0.15) is 5.56 Å². The van der Waals surface area contributed by atoms with Crippen LogP contribution in [0.5, 0.6) is 0 Å². The van der Waals surface area contributed by atoms with Gasteiger partial charge in [0.05, 0.1) is 0 Å². The molecule has 16 heavy (non-hydrogen) atoms. The third kappa shape index (κ3) is 4.00. The van der Waals surface area contributed by atoms with Crippen LogP contribution >= 0.6 is 23.4 Å². The van der Waals surface area contributed by atoms with Crippen molar-refractivity contribution in [3.63, 3.8) is 0 Å². The van der Waals surface area contributed by atoms with Crippen LogP contribution in [0, 0.1) is 5.82 Å². The van der Waals surface area contributed by atoms with Crippen molar-refractivity contribution < 1.29 is 14.3 Å². The van der Waals surface area contributed by atoms with Gasteiger partial charge in [-0.2, -0.15) is 11.8 Å². The first-order valence-corrected chi connectivity index (χ1v) is 6.04. The van der Waals surface area contributed by atoms with Gasteiger partial charge >= 0.3 is 5.97 Å². The predicted molar refractivity (Wildman–Crippen MR) is 63.2 cm³/mol. The number of carbonyl (C=O) groups is 1. The van der Waals surface area contributed by atoms with Gasteiger partial charge in [0.25, 0.3) is 0 Å². The molecule has 0 saturated carbocycles. The SMILES string of the molecule is NC(CSCc1ccc(F)cc1Cl)C(=O)O. The van der Waals surface area contributed by atoms with Crippen molar-refractivity contribution in [2.45, 2.75) is 11.8 Å². The summed E-state index contributed by atoms with van der Waals surface area (Å²) in [5, 5.41) is 8.90. The Hall–Kier alpha value is -0.780. The number of hydrogen-bond donors (Lipinski definition) is 2. The Labute approximate surface area is 102 Å². The highest BCUT2D eigenvalue weighted by Gasteiger charge is 2.11. The van der Waals surface area contributed by atoms with E-state index < -0.39 is 12.0 Å². The molecule has 0 fully saturated rings. The number of rotatable bonds is 5. The summed E-state index contributed by atoms with van der Waals surface area (Å²) in [5.41, 5.74) is 6.10. The van der Waals surface area contributed by atoms with Gasteiger partial charge in [-0.05, 0) is 17.7 Å². The first kappa shape index (κ1) is 13.3. The second-order valence-corrected chi connectivity index (χ2v) is 4.63. The smallest absolute Gasteiger partial charge is 0.321 e. The zero-order valence-corrected chi connectivity index (χ0v) is 9.89. The van der Waals surface area contributed by atoms with Gasteiger partial charge in [0.1, 0.15) is 11.9 Å². The van der Waals surface area contributed by atoms with E-state index in [1.54, 1.807) is 6.07 Å². The topological polar surface area (TPSA) is 63.3 Å². The minimum atomic E-state index is -1.03. The Morgan fingerprint density at radius 2 is 2.31 bits per heavy atom.